The molecule has 1 aromatic heterocycles. The predicted molar refractivity (Wildman–Crippen MR) is 113 cm³/mol. The van der Waals surface area contributed by atoms with Crippen molar-refractivity contribution in [3.8, 4) is 10.6 Å². The van der Waals surface area contributed by atoms with Gasteiger partial charge in [0.25, 0.3) is 0 Å². The standard InChI is InChI=1S/C22H28N4OS/c1-24(2)21(27)26-11-10-22(15-26)14-25(12-16-8-9-16)13-18-19(22)23-20(28-18)17-6-4-3-5-7-17/h3-7,16H,8-15H2,1-2H3. The summed E-state index contributed by atoms with van der Waals surface area (Å²) in [6, 6.07) is 10.6. The molecule has 5 rings (SSSR count). The van der Waals surface area contributed by atoms with Crippen LogP contribution in [0.15, 0.2) is 30.3 Å². The maximum absolute atomic E-state index is 12.6. The zero-order valence-electron chi connectivity index (χ0n) is 16.7. The molecule has 1 spiro atoms. The van der Waals surface area contributed by atoms with E-state index in [1.165, 1.54) is 35.5 Å². The van der Waals surface area contributed by atoms with Crippen LogP contribution in [0.1, 0.15) is 29.8 Å². The van der Waals surface area contributed by atoms with Gasteiger partial charge in [0.15, 0.2) is 0 Å². The van der Waals surface area contributed by atoms with E-state index in [-0.39, 0.29) is 11.4 Å². The van der Waals surface area contributed by atoms with E-state index in [0.29, 0.717) is 0 Å². The summed E-state index contributed by atoms with van der Waals surface area (Å²) in [7, 11) is 3.69. The van der Waals surface area contributed by atoms with Crippen molar-refractivity contribution in [2.45, 2.75) is 31.2 Å². The lowest BCUT2D eigenvalue weighted by atomic mass is 9.80. The summed E-state index contributed by atoms with van der Waals surface area (Å²) in [5, 5.41) is 1.12. The molecule has 2 fully saturated rings. The number of nitrogens with zero attached hydrogens (tertiary/aromatic N) is 4. The number of fused-ring (bicyclic) bond motifs is 2. The van der Waals surface area contributed by atoms with Crippen LogP contribution in [0.3, 0.4) is 0 Å². The number of likely N-dealkylation sites (tertiary alicyclic amines) is 1. The van der Waals surface area contributed by atoms with Gasteiger partial charge in [-0.15, -0.1) is 11.3 Å². The molecule has 2 aliphatic heterocycles. The van der Waals surface area contributed by atoms with Gasteiger partial charge < -0.3 is 9.80 Å². The van der Waals surface area contributed by atoms with Crippen LogP contribution >= 0.6 is 11.3 Å². The summed E-state index contributed by atoms with van der Waals surface area (Å²) in [6.07, 6.45) is 3.76. The fraction of sp³-hybridized carbons (Fsp3) is 0.545. The van der Waals surface area contributed by atoms with Crippen molar-refractivity contribution < 1.29 is 4.79 Å². The van der Waals surface area contributed by atoms with E-state index >= 15 is 0 Å². The molecule has 3 heterocycles. The van der Waals surface area contributed by atoms with Crippen molar-refractivity contribution in [3.63, 3.8) is 0 Å². The van der Waals surface area contributed by atoms with Crippen molar-refractivity contribution in [2.75, 3.05) is 40.3 Å². The van der Waals surface area contributed by atoms with Gasteiger partial charge in [0.2, 0.25) is 0 Å². The van der Waals surface area contributed by atoms with E-state index in [2.05, 4.69) is 35.2 Å². The smallest absolute Gasteiger partial charge is 0.319 e. The number of hydrogen-bond acceptors (Lipinski definition) is 4. The number of hydrogen-bond donors (Lipinski definition) is 0. The fourth-order valence-corrected chi connectivity index (χ4v) is 6.01. The Morgan fingerprint density at radius 3 is 2.75 bits per heavy atom. The van der Waals surface area contributed by atoms with Gasteiger partial charge in [0.05, 0.1) is 5.69 Å². The molecule has 1 unspecified atom stereocenters. The van der Waals surface area contributed by atoms with E-state index < -0.39 is 0 Å². The summed E-state index contributed by atoms with van der Waals surface area (Å²) < 4.78 is 0. The van der Waals surface area contributed by atoms with Gasteiger partial charge in [0, 0.05) is 62.7 Å². The Labute approximate surface area is 171 Å². The molecule has 1 atom stereocenters. The molecule has 1 aromatic carbocycles. The van der Waals surface area contributed by atoms with E-state index in [4.69, 9.17) is 4.98 Å². The highest BCUT2D eigenvalue weighted by Gasteiger charge is 2.49. The molecule has 1 saturated heterocycles. The maximum atomic E-state index is 12.6. The molecule has 3 aliphatic rings. The number of aromatic nitrogens is 1. The average molecular weight is 397 g/mol. The van der Waals surface area contributed by atoms with Crippen LogP contribution in [-0.2, 0) is 12.0 Å². The van der Waals surface area contributed by atoms with Gasteiger partial charge in [-0.3, -0.25) is 4.90 Å². The van der Waals surface area contributed by atoms with Gasteiger partial charge >= 0.3 is 6.03 Å². The Morgan fingerprint density at radius 1 is 1.25 bits per heavy atom. The maximum Gasteiger partial charge on any atom is 0.319 e. The van der Waals surface area contributed by atoms with Crippen molar-refractivity contribution in [2.24, 2.45) is 5.92 Å². The zero-order chi connectivity index (χ0) is 19.3. The molecule has 2 amide bonds. The third kappa shape index (κ3) is 3.22. The van der Waals surface area contributed by atoms with E-state index in [1.807, 2.05) is 30.3 Å². The Morgan fingerprint density at radius 2 is 2.04 bits per heavy atom. The van der Waals surface area contributed by atoms with Crippen LogP contribution < -0.4 is 0 Å². The average Bonchev–Trinajstić information content (AvgIpc) is 3.24. The van der Waals surface area contributed by atoms with Crippen LogP contribution in [0.5, 0.6) is 0 Å². The summed E-state index contributed by atoms with van der Waals surface area (Å²) in [5.41, 5.74) is 2.44. The second-order valence-corrected chi connectivity index (χ2v) is 9.98. The molecule has 0 bridgehead atoms. The molecule has 148 valence electrons. The SMILES string of the molecule is CN(C)C(=O)N1CCC2(CN(CC3CC3)Cc3sc(-c4ccccc4)nc32)C1. The number of carbonyl (C=O) groups excluding carboxylic acids is 1. The first-order valence-electron chi connectivity index (χ1n) is 10.3. The Balaban J connectivity index is 1.50. The molecular weight excluding hydrogens is 368 g/mol. The predicted octanol–water partition coefficient (Wildman–Crippen LogP) is 3.66. The fourth-order valence-electron chi connectivity index (χ4n) is 4.77. The minimum absolute atomic E-state index is 0.0162. The number of amides is 2. The molecule has 2 aromatic rings. The minimum Gasteiger partial charge on any atom is -0.331 e. The second-order valence-electron chi connectivity index (χ2n) is 8.90. The third-order valence-electron chi connectivity index (χ3n) is 6.33. The topological polar surface area (TPSA) is 39.7 Å². The highest BCUT2D eigenvalue weighted by atomic mass is 32.1. The minimum atomic E-state index is -0.0162. The van der Waals surface area contributed by atoms with Gasteiger partial charge in [-0.1, -0.05) is 30.3 Å². The second kappa shape index (κ2) is 6.85. The first kappa shape index (κ1) is 18.1. The van der Waals surface area contributed by atoms with E-state index in [1.54, 1.807) is 4.90 Å². The quantitative estimate of drug-likeness (QED) is 0.795. The Kier molecular flexibility index (Phi) is 4.43. The number of benzene rings is 1. The highest BCUT2D eigenvalue weighted by molar-refractivity contribution is 7.15. The third-order valence-corrected chi connectivity index (χ3v) is 7.42. The molecular formula is C22H28N4OS. The normalized spacial score (nSPS) is 24.6. The summed E-state index contributed by atoms with van der Waals surface area (Å²) in [4.78, 5) is 25.5. The van der Waals surface area contributed by atoms with Crippen molar-refractivity contribution in [1.29, 1.82) is 0 Å². The van der Waals surface area contributed by atoms with Crippen LogP contribution in [0.4, 0.5) is 4.79 Å². The molecule has 28 heavy (non-hydrogen) atoms. The lowest BCUT2D eigenvalue weighted by Gasteiger charge is -2.39. The van der Waals surface area contributed by atoms with Gasteiger partial charge in [0.1, 0.15) is 5.01 Å². The Hall–Kier alpha value is -1.92. The molecule has 0 N–H and O–H groups in total. The Bertz CT molecular complexity index is 876. The summed E-state index contributed by atoms with van der Waals surface area (Å²) in [5.74, 6) is 0.876. The van der Waals surface area contributed by atoms with Gasteiger partial charge in [-0.25, -0.2) is 9.78 Å². The first-order chi connectivity index (χ1) is 13.5. The van der Waals surface area contributed by atoms with Gasteiger partial charge in [-0.05, 0) is 25.2 Å². The number of thiazole rings is 1. The lowest BCUT2D eigenvalue weighted by Crippen LogP contribution is -2.49. The van der Waals surface area contributed by atoms with Crippen molar-refractivity contribution >= 4 is 17.4 Å². The number of rotatable bonds is 3. The van der Waals surface area contributed by atoms with Crippen LogP contribution in [-0.4, -0.2) is 66.0 Å². The zero-order valence-corrected chi connectivity index (χ0v) is 17.5. The van der Waals surface area contributed by atoms with E-state index in [0.717, 1.165) is 43.5 Å². The monoisotopic (exact) mass is 396 g/mol. The van der Waals surface area contributed by atoms with E-state index in [9.17, 15) is 4.79 Å². The molecule has 1 saturated carbocycles. The number of urea groups is 1. The number of carbonyl (C=O) groups is 1. The van der Waals surface area contributed by atoms with Crippen LogP contribution in [0.2, 0.25) is 0 Å². The van der Waals surface area contributed by atoms with Crippen LogP contribution in [0, 0.1) is 5.92 Å². The van der Waals surface area contributed by atoms with Crippen molar-refractivity contribution in [1.82, 2.24) is 19.7 Å². The highest BCUT2D eigenvalue weighted by Crippen LogP contribution is 2.45. The summed E-state index contributed by atoms with van der Waals surface area (Å²) >= 11 is 1.85. The molecule has 5 nitrogen and oxygen atoms in total. The lowest BCUT2D eigenvalue weighted by molar-refractivity contribution is 0.157. The van der Waals surface area contributed by atoms with Crippen LogP contribution in [0.25, 0.3) is 10.6 Å². The molecule has 6 heteroatoms. The van der Waals surface area contributed by atoms with Gasteiger partial charge in [-0.2, -0.15) is 0 Å². The largest absolute Gasteiger partial charge is 0.331 e. The molecule has 1 aliphatic carbocycles. The molecule has 0 radical (unpaired) electrons. The summed E-state index contributed by atoms with van der Waals surface area (Å²) in [6.45, 7) is 4.86. The first-order valence-corrected chi connectivity index (χ1v) is 11.1. The van der Waals surface area contributed by atoms with Crippen molar-refractivity contribution in [3.05, 3.63) is 40.9 Å².